The second-order valence-corrected chi connectivity index (χ2v) is 4.50. The molecule has 1 N–H and O–H groups in total. The molecule has 1 aliphatic heterocycles. The molecule has 0 radical (unpaired) electrons. The van der Waals surface area contributed by atoms with Gasteiger partial charge < -0.3 is 14.9 Å². The molecule has 0 aliphatic carbocycles. The summed E-state index contributed by atoms with van der Waals surface area (Å²) in [5.41, 5.74) is 1.01. The molecular formula is C13H15N3O3. The van der Waals surface area contributed by atoms with E-state index in [1.165, 1.54) is 6.08 Å². The minimum Gasteiger partial charge on any atom is -0.478 e. The lowest BCUT2D eigenvalue weighted by atomic mass is 10.1. The van der Waals surface area contributed by atoms with Crippen LogP contribution in [0.2, 0.25) is 0 Å². The van der Waals surface area contributed by atoms with Crippen molar-refractivity contribution in [1.82, 2.24) is 4.90 Å². The van der Waals surface area contributed by atoms with Crippen molar-refractivity contribution in [3.8, 4) is 0 Å². The number of piperazine rings is 1. The highest BCUT2D eigenvalue weighted by Gasteiger charge is 2.17. The molecule has 1 aromatic carbocycles. The van der Waals surface area contributed by atoms with Crippen LogP contribution in [-0.4, -0.2) is 55.3 Å². The van der Waals surface area contributed by atoms with Gasteiger partial charge in [0.2, 0.25) is 6.08 Å². The smallest absolute Gasteiger partial charge is 0.338 e. The number of anilines is 1. The first kappa shape index (κ1) is 13.3. The summed E-state index contributed by atoms with van der Waals surface area (Å²) >= 11 is 0. The van der Waals surface area contributed by atoms with Gasteiger partial charge in [0.25, 0.3) is 0 Å². The molecule has 100 valence electrons. The third kappa shape index (κ3) is 2.99. The standard InChI is InChI=1S/C13H15N3O3/c1-15-4-6-16(7-5-15)10-2-3-12(14-9-17)11(8-10)13(18)19/h2-3,8H,4-7H2,1H3,(H,18,19). The van der Waals surface area contributed by atoms with Crippen LogP contribution in [0.1, 0.15) is 10.4 Å². The van der Waals surface area contributed by atoms with Crippen LogP contribution in [0.5, 0.6) is 0 Å². The highest BCUT2D eigenvalue weighted by molar-refractivity contribution is 5.95. The molecule has 6 heteroatoms. The summed E-state index contributed by atoms with van der Waals surface area (Å²) in [5, 5.41) is 9.14. The van der Waals surface area contributed by atoms with E-state index in [-0.39, 0.29) is 11.3 Å². The first-order valence-electron chi connectivity index (χ1n) is 6.00. The van der Waals surface area contributed by atoms with E-state index in [1.807, 2.05) is 0 Å². The number of carbonyl (C=O) groups is 1. The Kier molecular flexibility index (Phi) is 3.94. The van der Waals surface area contributed by atoms with Crippen molar-refractivity contribution in [2.24, 2.45) is 4.99 Å². The quantitative estimate of drug-likeness (QED) is 0.651. The van der Waals surface area contributed by atoms with Crippen LogP contribution in [0, 0.1) is 0 Å². The molecule has 19 heavy (non-hydrogen) atoms. The van der Waals surface area contributed by atoms with Crippen molar-refractivity contribution in [2.75, 3.05) is 38.1 Å². The van der Waals surface area contributed by atoms with Crippen molar-refractivity contribution in [2.45, 2.75) is 0 Å². The molecule has 1 saturated heterocycles. The Balaban J connectivity index is 2.30. The number of aromatic carboxylic acids is 1. The third-order valence-electron chi connectivity index (χ3n) is 3.25. The Morgan fingerprint density at radius 3 is 2.58 bits per heavy atom. The fourth-order valence-corrected chi connectivity index (χ4v) is 2.10. The molecule has 0 spiro atoms. The van der Waals surface area contributed by atoms with Crippen molar-refractivity contribution >= 4 is 23.4 Å². The van der Waals surface area contributed by atoms with E-state index in [0.29, 0.717) is 0 Å². The number of carbonyl (C=O) groups excluding carboxylic acids is 1. The number of hydrogen-bond donors (Lipinski definition) is 1. The second-order valence-electron chi connectivity index (χ2n) is 4.50. The lowest BCUT2D eigenvalue weighted by Gasteiger charge is -2.34. The van der Waals surface area contributed by atoms with E-state index in [2.05, 4.69) is 21.8 Å². The van der Waals surface area contributed by atoms with Gasteiger partial charge in [-0.25, -0.2) is 9.59 Å². The number of isocyanates is 1. The number of benzene rings is 1. The van der Waals surface area contributed by atoms with Gasteiger partial charge in [0.05, 0.1) is 11.3 Å². The van der Waals surface area contributed by atoms with Crippen molar-refractivity contribution < 1.29 is 14.7 Å². The Hall–Kier alpha value is -2.17. The van der Waals surface area contributed by atoms with Gasteiger partial charge in [0, 0.05) is 31.9 Å². The summed E-state index contributed by atoms with van der Waals surface area (Å²) in [7, 11) is 2.06. The van der Waals surface area contributed by atoms with Crippen molar-refractivity contribution in [3.63, 3.8) is 0 Å². The second kappa shape index (κ2) is 5.65. The highest BCUT2D eigenvalue weighted by atomic mass is 16.4. The van der Waals surface area contributed by atoms with Gasteiger partial charge in [-0.1, -0.05) is 0 Å². The Labute approximate surface area is 111 Å². The van der Waals surface area contributed by atoms with E-state index in [4.69, 9.17) is 5.11 Å². The molecule has 0 saturated carbocycles. The fraction of sp³-hybridized carbons (Fsp3) is 0.385. The molecule has 0 aromatic heterocycles. The molecule has 6 nitrogen and oxygen atoms in total. The van der Waals surface area contributed by atoms with Gasteiger partial charge in [-0.2, -0.15) is 4.99 Å². The number of rotatable bonds is 3. The highest BCUT2D eigenvalue weighted by Crippen LogP contribution is 2.26. The monoisotopic (exact) mass is 261 g/mol. The van der Waals surface area contributed by atoms with Crippen LogP contribution in [0.15, 0.2) is 23.2 Å². The summed E-state index contributed by atoms with van der Waals surface area (Å²) in [6.45, 7) is 3.59. The summed E-state index contributed by atoms with van der Waals surface area (Å²) in [4.78, 5) is 29.2. The zero-order valence-corrected chi connectivity index (χ0v) is 10.7. The molecule has 0 atom stereocenters. The van der Waals surface area contributed by atoms with Crippen molar-refractivity contribution in [1.29, 1.82) is 0 Å². The first-order chi connectivity index (χ1) is 9.11. The zero-order chi connectivity index (χ0) is 13.8. The average Bonchev–Trinajstić information content (AvgIpc) is 2.40. The van der Waals surface area contributed by atoms with Crippen LogP contribution in [0.4, 0.5) is 11.4 Å². The summed E-state index contributed by atoms with van der Waals surface area (Å²) in [5.74, 6) is -1.09. The normalized spacial score (nSPS) is 15.9. The van der Waals surface area contributed by atoms with Gasteiger partial charge in [0.1, 0.15) is 0 Å². The average molecular weight is 261 g/mol. The number of carboxylic acids is 1. The van der Waals surface area contributed by atoms with E-state index in [1.54, 1.807) is 18.2 Å². The SMILES string of the molecule is CN1CCN(c2ccc(N=C=O)c(C(=O)O)c2)CC1. The first-order valence-corrected chi connectivity index (χ1v) is 6.00. The summed E-state index contributed by atoms with van der Waals surface area (Å²) in [6.07, 6.45) is 1.38. The molecule has 1 fully saturated rings. The molecule has 0 unspecified atom stereocenters. The lowest BCUT2D eigenvalue weighted by Crippen LogP contribution is -2.44. The van der Waals surface area contributed by atoms with Crippen LogP contribution < -0.4 is 4.90 Å². The molecule has 1 aliphatic rings. The van der Waals surface area contributed by atoms with Gasteiger partial charge in [-0.3, -0.25) is 0 Å². The van der Waals surface area contributed by atoms with Crippen LogP contribution in [-0.2, 0) is 4.79 Å². The minimum atomic E-state index is -1.09. The predicted molar refractivity (Wildman–Crippen MR) is 70.9 cm³/mol. The van der Waals surface area contributed by atoms with Crippen LogP contribution in [0.3, 0.4) is 0 Å². The zero-order valence-electron chi connectivity index (χ0n) is 10.7. The van der Waals surface area contributed by atoms with Gasteiger partial charge in [-0.05, 0) is 25.2 Å². The summed E-state index contributed by atoms with van der Waals surface area (Å²) < 4.78 is 0. The topological polar surface area (TPSA) is 73.2 Å². The van der Waals surface area contributed by atoms with Gasteiger partial charge in [0.15, 0.2) is 0 Å². The summed E-state index contributed by atoms with van der Waals surface area (Å²) in [6, 6.07) is 4.89. The van der Waals surface area contributed by atoms with Crippen molar-refractivity contribution in [3.05, 3.63) is 23.8 Å². The Morgan fingerprint density at radius 2 is 2.00 bits per heavy atom. The minimum absolute atomic E-state index is 0.0276. The number of nitrogens with zero attached hydrogens (tertiary/aromatic N) is 3. The van der Waals surface area contributed by atoms with Gasteiger partial charge in [-0.15, -0.1) is 0 Å². The maximum absolute atomic E-state index is 11.2. The molecule has 1 aromatic rings. The molecular weight excluding hydrogens is 246 g/mol. The third-order valence-corrected chi connectivity index (χ3v) is 3.25. The van der Waals surface area contributed by atoms with E-state index in [0.717, 1.165) is 31.9 Å². The molecule has 2 rings (SSSR count). The van der Waals surface area contributed by atoms with Crippen LogP contribution >= 0.6 is 0 Å². The number of aliphatic imine (C=N–C) groups is 1. The maximum atomic E-state index is 11.2. The maximum Gasteiger partial charge on any atom is 0.338 e. The fourth-order valence-electron chi connectivity index (χ4n) is 2.10. The number of hydrogen-bond acceptors (Lipinski definition) is 5. The molecule has 1 heterocycles. The molecule has 0 bridgehead atoms. The largest absolute Gasteiger partial charge is 0.478 e. The predicted octanol–water partition coefficient (Wildman–Crippen LogP) is 1.10. The van der Waals surface area contributed by atoms with E-state index < -0.39 is 5.97 Å². The van der Waals surface area contributed by atoms with E-state index in [9.17, 15) is 9.59 Å². The Bertz CT molecular complexity index is 530. The van der Waals surface area contributed by atoms with Crippen LogP contribution in [0.25, 0.3) is 0 Å². The number of likely N-dealkylation sites (N-methyl/N-ethyl adjacent to an activating group) is 1. The lowest BCUT2D eigenvalue weighted by molar-refractivity contribution is 0.0698. The molecule has 0 amide bonds. The number of carboxylic acid groups (broad SMARTS) is 1. The van der Waals surface area contributed by atoms with E-state index >= 15 is 0 Å². The Morgan fingerprint density at radius 1 is 1.32 bits per heavy atom. The van der Waals surface area contributed by atoms with Gasteiger partial charge >= 0.3 is 5.97 Å².